The van der Waals surface area contributed by atoms with E-state index < -0.39 is 0 Å². The Bertz CT molecular complexity index is 628. The number of carbonyl (C=O) groups excluding carboxylic acids is 1. The molecule has 0 unspecified atom stereocenters. The molecule has 1 aliphatic rings. The molecule has 0 radical (unpaired) electrons. The van der Waals surface area contributed by atoms with Crippen molar-refractivity contribution in [2.75, 3.05) is 11.9 Å². The summed E-state index contributed by atoms with van der Waals surface area (Å²) in [5, 5.41) is 4.89. The lowest BCUT2D eigenvalue weighted by Gasteiger charge is -2.11. The number of hydrogen-bond donors (Lipinski definition) is 1. The van der Waals surface area contributed by atoms with Gasteiger partial charge in [-0.3, -0.25) is 4.79 Å². The number of aryl methyl sites for hydroxylation is 1. The Balaban J connectivity index is 1.74. The van der Waals surface area contributed by atoms with Gasteiger partial charge in [0.2, 0.25) is 0 Å². The highest BCUT2D eigenvalue weighted by molar-refractivity contribution is 9.09. The number of hydrogen-bond acceptors (Lipinski definition) is 2. The summed E-state index contributed by atoms with van der Waals surface area (Å²) in [7, 11) is 0. The molecule has 3 rings (SSSR count). The van der Waals surface area contributed by atoms with E-state index in [1.807, 2.05) is 31.2 Å². The second-order valence-electron chi connectivity index (χ2n) is 5.47. The molecule has 4 heteroatoms. The topological polar surface area (TPSA) is 42.2 Å². The molecule has 0 atom stereocenters. The van der Waals surface area contributed by atoms with E-state index in [0.29, 0.717) is 12.3 Å². The first-order chi connectivity index (χ1) is 9.12. The predicted molar refractivity (Wildman–Crippen MR) is 78.7 cm³/mol. The highest BCUT2D eigenvalue weighted by Gasteiger charge is 2.41. The van der Waals surface area contributed by atoms with Crippen molar-refractivity contribution in [1.82, 2.24) is 5.32 Å². The minimum atomic E-state index is -0.124. The van der Waals surface area contributed by atoms with E-state index in [1.54, 1.807) is 0 Å². The van der Waals surface area contributed by atoms with Crippen LogP contribution in [0.2, 0.25) is 0 Å². The maximum atomic E-state index is 12.1. The van der Waals surface area contributed by atoms with Gasteiger partial charge in [-0.2, -0.15) is 0 Å². The van der Waals surface area contributed by atoms with Crippen LogP contribution in [-0.2, 0) is 0 Å². The molecule has 1 fully saturated rings. The summed E-state index contributed by atoms with van der Waals surface area (Å²) in [6.07, 6.45) is 2.36. The molecular weight excluding hydrogens is 306 g/mol. The van der Waals surface area contributed by atoms with Crippen molar-refractivity contribution >= 4 is 32.8 Å². The molecule has 2 aromatic rings. The fourth-order valence-corrected chi connectivity index (χ4v) is 2.92. The first-order valence-corrected chi connectivity index (χ1v) is 7.58. The number of benzene rings is 1. The van der Waals surface area contributed by atoms with Crippen LogP contribution < -0.4 is 5.32 Å². The van der Waals surface area contributed by atoms with Gasteiger partial charge in [0, 0.05) is 17.3 Å². The molecule has 1 heterocycles. The molecule has 1 aromatic carbocycles. The summed E-state index contributed by atoms with van der Waals surface area (Å²) in [5.74, 6) is 0.270. The van der Waals surface area contributed by atoms with Crippen LogP contribution in [0.25, 0.3) is 11.0 Å². The number of fused-ring (bicyclic) bond motifs is 1. The highest BCUT2D eigenvalue weighted by Crippen LogP contribution is 2.46. The largest absolute Gasteiger partial charge is 0.451 e. The number of amides is 1. The van der Waals surface area contributed by atoms with E-state index in [0.717, 1.165) is 21.9 Å². The summed E-state index contributed by atoms with van der Waals surface area (Å²) in [5.41, 5.74) is 2.20. The van der Waals surface area contributed by atoms with E-state index in [-0.39, 0.29) is 11.3 Å². The third kappa shape index (κ3) is 2.54. The van der Waals surface area contributed by atoms with E-state index in [1.165, 1.54) is 12.8 Å². The third-order valence-corrected chi connectivity index (χ3v) is 4.95. The summed E-state index contributed by atoms with van der Waals surface area (Å²) in [6.45, 7) is 2.74. The second kappa shape index (κ2) is 4.67. The van der Waals surface area contributed by atoms with Crippen molar-refractivity contribution < 1.29 is 9.21 Å². The fourth-order valence-electron chi connectivity index (χ4n) is 2.16. The molecule has 0 aliphatic heterocycles. The van der Waals surface area contributed by atoms with Crippen molar-refractivity contribution in [2.24, 2.45) is 5.41 Å². The van der Waals surface area contributed by atoms with Crippen LogP contribution in [0.5, 0.6) is 0 Å². The van der Waals surface area contributed by atoms with Gasteiger partial charge >= 0.3 is 0 Å². The lowest BCUT2D eigenvalue weighted by molar-refractivity contribution is 0.0921. The van der Waals surface area contributed by atoms with E-state index in [2.05, 4.69) is 21.2 Å². The van der Waals surface area contributed by atoms with Crippen molar-refractivity contribution in [1.29, 1.82) is 0 Å². The Morgan fingerprint density at radius 1 is 1.42 bits per heavy atom. The average molecular weight is 322 g/mol. The van der Waals surface area contributed by atoms with Crippen LogP contribution >= 0.6 is 15.9 Å². The maximum Gasteiger partial charge on any atom is 0.287 e. The summed E-state index contributed by atoms with van der Waals surface area (Å²) in [6, 6.07) is 7.72. The molecule has 0 saturated heterocycles. The van der Waals surface area contributed by atoms with Gasteiger partial charge in [0.25, 0.3) is 5.91 Å². The van der Waals surface area contributed by atoms with Gasteiger partial charge in [-0.1, -0.05) is 27.6 Å². The molecule has 3 nitrogen and oxygen atoms in total. The van der Waals surface area contributed by atoms with Crippen molar-refractivity contribution in [3.8, 4) is 0 Å². The number of alkyl halides is 1. The number of halogens is 1. The first-order valence-electron chi connectivity index (χ1n) is 6.46. The molecule has 1 N–H and O–H groups in total. The summed E-state index contributed by atoms with van der Waals surface area (Å²) in [4.78, 5) is 12.1. The Morgan fingerprint density at radius 3 is 2.89 bits per heavy atom. The molecule has 0 bridgehead atoms. The molecule has 1 aliphatic carbocycles. The maximum absolute atomic E-state index is 12.1. The lowest BCUT2D eigenvalue weighted by Crippen LogP contribution is -2.30. The van der Waals surface area contributed by atoms with Crippen LogP contribution in [-0.4, -0.2) is 17.8 Å². The zero-order chi connectivity index (χ0) is 13.5. The fraction of sp³-hybridized carbons (Fsp3) is 0.400. The van der Waals surface area contributed by atoms with E-state index in [9.17, 15) is 4.79 Å². The number of furan rings is 1. The molecule has 1 saturated carbocycles. The Hall–Kier alpha value is -1.29. The van der Waals surface area contributed by atoms with Gasteiger partial charge < -0.3 is 9.73 Å². The zero-order valence-corrected chi connectivity index (χ0v) is 12.4. The van der Waals surface area contributed by atoms with Gasteiger partial charge in [0.15, 0.2) is 5.76 Å². The summed E-state index contributed by atoms with van der Waals surface area (Å²) >= 11 is 3.50. The minimum absolute atomic E-state index is 0.124. The van der Waals surface area contributed by atoms with Crippen LogP contribution in [0.3, 0.4) is 0 Å². The number of carbonyl (C=O) groups is 1. The predicted octanol–water partition coefficient (Wildman–Crippen LogP) is 3.65. The Kier molecular flexibility index (Phi) is 3.13. The van der Waals surface area contributed by atoms with Gasteiger partial charge in [0.1, 0.15) is 5.58 Å². The van der Waals surface area contributed by atoms with Crippen LogP contribution in [0.15, 0.2) is 28.7 Å². The average Bonchev–Trinajstić information content (AvgIpc) is 3.07. The van der Waals surface area contributed by atoms with Gasteiger partial charge in [-0.25, -0.2) is 0 Å². The normalized spacial score (nSPS) is 16.5. The minimum Gasteiger partial charge on any atom is -0.451 e. The van der Waals surface area contributed by atoms with Gasteiger partial charge in [0.05, 0.1) is 0 Å². The van der Waals surface area contributed by atoms with Crippen LogP contribution in [0, 0.1) is 12.3 Å². The van der Waals surface area contributed by atoms with Crippen LogP contribution in [0.4, 0.5) is 0 Å². The van der Waals surface area contributed by atoms with Crippen molar-refractivity contribution in [2.45, 2.75) is 19.8 Å². The monoisotopic (exact) mass is 321 g/mol. The number of rotatable bonds is 4. The SMILES string of the molecule is Cc1ccc2oc(C(=O)NCC3(CBr)CC3)cc2c1. The molecular formula is C15H16BrNO2. The molecule has 19 heavy (non-hydrogen) atoms. The quantitative estimate of drug-likeness (QED) is 0.873. The Labute approximate surface area is 120 Å². The first kappa shape index (κ1) is 12.7. The molecule has 100 valence electrons. The number of nitrogens with one attached hydrogen (secondary N) is 1. The van der Waals surface area contributed by atoms with E-state index >= 15 is 0 Å². The zero-order valence-electron chi connectivity index (χ0n) is 10.8. The van der Waals surface area contributed by atoms with Crippen molar-refractivity contribution in [3.05, 3.63) is 35.6 Å². The van der Waals surface area contributed by atoms with Crippen molar-refractivity contribution in [3.63, 3.8) is 0 Å². The molecule has 1 amide bonds. The van der Waals surface area contributed by atoms with Gasteiger partial charge in [-0.15, -0.1) is 0 Å². The lowest BCUT2D eigenvalue weighted by atomic mass is 10.1. The highest BCUT2D eigenvalue weighted by atomic mass is 79.9. The summed E-state index contributed by atoms with van der Waals surface area (Å²) < 4.78 is 5.58. The van der Waals surface area contributed by atoms with Crippen LogP contribution in [0.1, 0.15) is 29.0 Å². The van der Waals surface area contributed by atoms with E-state index in [4.69, 9.17) is 4.42 Å². The van der Waals surface area contributed by atoms with Gasteiger partial charge in [-0.05, 0) is 43.4 Å². The standard InChI is InChI=1S/C15H16BrNO2/c1-10-2-3-12-11(6-10)7-13(19-12)14(18)17-9-15(8-16)4-5-15/h2-3,6-7H,4-5,8-9H2,1H3,(H,17,18). The smallest absolute Gasteiger partial charge is 0.287 e. The molecule has 0 spiro atoms. The Morgan fingerprint density at radius 2 is 2.21 bits per heavy atom. The third-order valence-electron chi connectivity index (χ3n) is 3.76. The second-order valence-corrected chi connectivity index (χ2v) is 6.03. The molecule has 1 aromatic heterocycles.